The first kappa shape index (κ1) is 18.8. The minimum absolute atomic E-state index is 0.289. The van der Waals surface area contributed by atoms with Crippen LogP contribution in [0.3, 0.4) is 0 Å². The van der Waals surface area contributed by atoms with Gasteiger partial charge in [0, 0.05) is 35.6 Å². The number of thiazole rings is 1. The molecule has 0 radical (unpaired) electrons. The summed E-state index contributed by atoms with van der Waals surface area (Å²) in [5.74, 6) is -0.683. The number of aliphatic carboxylic acids is 1. The van der Waals surface area contributed by atoms with Gasteiger partial charge in [0.1, 0.15) is 6.33 Å². The number of rotatable bonds is 7. The Balaban J connectivity index is 1.68. The van der Waals surface area contributed by atoms with Crippen LogP contribution in [0.25, 0.3) is 33.0 Å². The van der Waals surface area contributed by atoms with E-state index in [-0.39, 0.29) is 6.54 Å². The van der Waals surface area contributed by atoms with E-state index < -0.39 is 11.9 Å². The average molecular weight is 407 g/mol. The molecule has 9 heteroatoms. The third-order valence-electron chi connectivity index (χ3n) is 4.31. The van der Waals surface area contributed by atoms with Gasteiger partial charge in [-0.05, 0) is 0 Å². The van der Waals surface area contributed by atoms with Crippen LogP contribution < -0.4 is 5.32 Å². The summed E-state index contributed by atoms with van der Waals surface area (Å²) in [4.78, 5) is 28.8. The summed E-state index contributed by atoms with van der Waals surface area (Å²) in [6, 6.07) is 7.81. The molecule has 4 rings (SSSR count). The normalized spacial score (nSPS) is 11.9. The van der Waals surface area contributed by atoms with Crippen LogP contribution >= 0.6 is 11.3 Å². The molecule has 1 unspecified atom stereocenters. The number of hydrogen-bond donors (Lipinski definition) is 2. The largest absolute Gasteiger partial charge is 0.481 e. The predicted octanol–water partition coefficient (Wildman–Crippen LogP) is 4.05. The van der Waals surface area contributed by atoms with Crippen molar-refractivity contribution in [1.82, 2.24) is 19.9 Å². The highest BCUT2D eigenvalue weighted by Crippen LogP contribution is 2.39. The molecular weight excluding hydrogens is 390 g/mol. The van der Waals surface area contributed by atoms with Gasteiger partial charge < -0.3 is 14.8 Å². The Kier molecular flexibility index (Phi) is 5.30. The van der Waals surface area contributed by atoms with Gasteiger partial charge in [-0.15, -0.1) is 0 Å². The van der Waals surface area contributed by atoms with Crippen molar-refractivity contribution in [2.24, 2.45) is 5.92 Å². The molecule has 0 saturated heterocycles. The molecule has 29 heavy (non-hydrogen) atoms. The van der Waals surface area contributed by atoms with Gasteiger partial charge in [0.25, 0.3) is 0 Å². The lowest BCUT2D eigenvalue weighted by Crippen LogP contribution is -2.19. The first-order valence-electron chi connectivity index (χ1n) is 8.84. The third kappa shape index (κ3) is 4.14. The minimum atomic E-state index is -0.853. The lowest BCUT2D eigenvalue weighted by atomic mass is 10.1. The summed E-state index contributed by atoms with van der Waals surface area (Å²) in [6.45, 7) is 1.94. The highest BCUT2D eigenvalue weighted by atomic mass is 32.1. The van der Waals surface area contributed by atoms with Gasteiger partial charge >= 0.3 is 5.97 Å². The monoisotopic (exact) mass is 407 g/mol. The first-order chi connectivity index (χ1) is 14.1. The molecule has 1 atom stereocenters. The Morgan fingerprint density at radius 2 is 1.83 bits per heavy atom. The van der Waals surface area contributed by atoms with E-state index in [1.165, 1.54) is 24.1 Å². The highest BCUT2D eigenvalue weighted by molar-refractivity contribution is 7.19. The number of carboxylic acid groups (broad SMARTS) is 1. The summed E-state index contributed by atoms with van der Waals surface area (Å²) in [6.07, 6.45) is 8.00. The lowest BCUT2D eigenvalue weighted by Gasteiger charge is -2.06. The fourth-order valence-electron chi connectivity index (χ4n) is 2.68. The van der Waals surface area contributed by atoms with Gasteiger partial charge in [-0.3, -0.25) is 4.79 Å². The second-order valence-electron chi connectivity index (χ2n) is 6.39. The molecule has 0 bridgehead atoms. The van der Waals surface area contributed by atoms with Crippen LogP contribution in [-0.2, 0) is 4.79 Å². The predicted molar refractivity (Wildman–Crippen MR) is 109 cm³/mol. The molecule has 0 fully saturated rings. The fraction of sp³-hybridized carbons (Fsp3) is 0.150. The van der Waals surface area contributed by atoms with Crippen LogP contribution in [0, 0.1) is 5.92 Å². The summed E-state index contributed by atoms with van der Waals surface area (Å²) >= 11 is 1.44. The molecule has 8 nitrogen and oxygen atoms in total. The van der Waals surface area contributed by atoms with E-state index in [1.807, 2.05) is 24.3 Å². The Labute approximate surface area is 170 Å². The number of hydrogen-bond acceptors (Lipinski definition) is 8. The Morgan fingerprint density at radius 1 is 1.10 bits per heavy atom. The van der Waals surface area contributed by atoms with Crippen molar-refractivity contribution >= 4 is 22.4 Å². The van der Waals surface area contributed by atoms with Gasteiger partial charge in [0.05, 0.1) is 22.7 Å². The van der Waals surface area contributed by atoms with Crippen LogP contribution in [-0.4, -0.2) is 37.6 Å². The molecule has 146 valence electrons. The average Bonchev–Trinajstić information content (AvgIpc) is 3.43. The molecule has 0 aliphatic heterocycles. The Morgan fingerprint density at radius 3 is 2.48 bits per heavy atom. The van der Waals surface area contributed by atoms with Crippen LogP contribution in [0.4, 0.5) is 5.13 Å². The van der Waals surface area contributed by atoms with Crippen molar-refractivity contribution < 1.29 is 14.3 Å². The zero-order chi connectivity index (χ0) is 20.2. The molecule has 0 aliphatic rings. The molecule has 3 heterocycles. The summed E-state index contributed by atoms with van der Waals surface area (Å²) in [7, 11) is 0. The van der Waals surface area contributed by atoms with Crippen LogP contribution in [0.2, 0.25) is 0 Å². The van der Waals surface area contributed by atoms with Crippen molar-refractivity contribution in [3.63, 3.8) is 0 Å². The van der Waals surface area contributed by atoms with Gasteiger partial charge in [0.2, 0.25) is 0 Å². The maximum atomic E-state index is 11.1. The van der Waals surface area contributed by atoms with E-state index in [9.17, 15) is 4.79 Å². The zero-order valence-corrected chi connectivity index (χ0v) is 16.3. The summed E-state index contributed by atoms with van der Waals surface area (Å²) in [5.41, 5.74) is 3.46. The number of aromatic nitrogens is 4. The quantitative estimate of drug-likeness (QED) is 0.471. The maximum Gasteiger partial charge on any atom is 0.308 e. The van der Waals surface area contributed by atoms with Crippen LogP contribution in [0.5, 0.6) is 0 Å². The molecule has 4 aromatic rings. The molecule has 0 saturated carbocycles. The van der Waals surface area contributed by atoms with Crippen molar-refractivity contribution in [3.05, 3.63) is 55.6 Å². The molecule has 1 aromatic carbocycles. The van der Waals surface area contributed by atoms with E-state index in [0.717, 1.165) is 27.3 Å². The minimum Gasteiger partial charge on any atom is -0.481 e. The van der Waals surface area contributed by atoms with Gasteiger partial charge in [-0.2, -0.15) is 0 Å². The second-order valence-corrected chi connectivity index (χ2v) is 7.39. The van der Waals surface area contributed by atoms with E-state index in [4.69, 9.17) is 14.5 Å². The summed E-state index contributed by atoms with van der Waals surface area (Å²) < 4.78 is 5.34. The molecular formula is C20H17N5O3S. The van der Waals surface area contributed by atoms with E-state index in [2.05, 4.69) is 20.3 Å². The van der Waals surface area contributed by atoms with Crippen molar-refractivity contribution in [2.75, 3.05) is 11.9 Å². The fourth-order valence-corrected chi connectivity index (χ4v) is 3.65. The van der Waals surface area contributed by atoms with E-state index in [0.29, 0.717) is 10.9 Å². The maximum absolute atomic E-state index is 11.1. The van der Waals surface area contributed by atoms with Gasteiger partial charge in [-0.25, -0.2) is 19.9 Å². The number of benzene rings is 1. The highest BCUT2D eigenvalue weighted by Gasteiger charge is 2.17. The third-order valence-corrected chi connectivity index (χ3v) is 5.37. The lowest BCUT2D eigenvalue weighted by molar-refractivity contribution is -0.140. The van der Waals surface area contributed by atoms with Crippen LogP contribution in [0.1, 0.15) is 6.92 Å². The number of carboxylic acids is 1. The number of oxazole rings is 1. The summed E-state index contributed by atoms with van der Waals surface area (Å²) in [5, 5.41) is 12.9. The van der Waals surface area contributed by atoms with Crippen molar-refractivity contribution in [3.8, 4) is 33.0 Å². The molecule has 0 aliphatic carbocycles. The van der Waals surface area contributed by atoms with Crippen molar-refractivity contribution in [1.29, 1.82) is 0 Å². The first-order valence-corrected chi connectivity index (χ1v) is 9.65. The molecule has 2 N–H and O–H groups in total. The SMILES string of the molecule is CC(CNc1nc(-c2ccc(-c3cnco3)cc2)c(-c2cncnc2)s1)C(=O)O. The van der Waals surface area contributed by atoms with E-state index in [1.54, 1.807) is 25.5 Å². The van der Waals surface area contributed by atoms with Crippen molar-refractivity contribution in [2.45, 2.75) is 6.92 Å². The zero-order valence-electron chi connectivity index (χ0n) is 15.4. The van der Waals surface area contributed by atoms with Gasteiger partial charge in [-0.1, -0.05) is 42.5 Å². The Hall–Kier alpha value is -3.59. The number of nitrogens with one attached hydrogen (secondary N) is 1. The van der Waals surface area contributed by atoms with Gasteiger partial charge in [0.15, 0.2) is 17.3 Å². The standard InChI is InChI=1S/C20H17N5O3S/c1-12(19(26)27)6-24-20-25-17(18(29-20)15-7-21-10-22-8-15)14-4-2-13(3-5-14)16-9-23-11-28-16/h2-5,7-12H,6H2,1H3,(H,24,25)(H,26,27). The topological polar surface area (TPSA) is 114 Å². The molecule has 3 aromatic heterocycles. The van der Waals surface area contributed by atoms with E-state index >= 15 is 0 Å². The number of nitrogens with zero attached hydrogens (tertiary/aromatic N) is 4. The van der Waals surface area contributed by atoms with Crippen LogP contribution in [0.15, 0.2) is 60.0 Å². The molecule has 0 spiro atoms. The Bertz CT molecular complexity index is 1100. The smallest absolute Gasteiger partial charge is 0.308 e. The second kappa shape index (κ2) is 8.19. The number of carbonyl (C=O) groups is 1. The number of anilines is 1. The molecule has 0 amide bonds.